The van der Waals surface area contributed by atoms with Gasteiger partial charge in [0.15, 0.2) is 9.84 Å². The van der Waals surface area contributed by atoms with Crippen molar-refractivity contribution in [2.45, 2.75) is 18.6 Å². The van der Waals surface area contributed by atoms with Crippen molar-refractivity contribution in [2.24, 2.45) is 5.92 Å². The van der Waals surface area contributed by atoms with Crippen LogP contribution in [0.5, 0.6) is 0 Å². The van der Waals surface area contributed by atoms with Gasteiger partial charge in [0.05, 0.1) is 0 Å². The maximum atomic E-state index is 11.7. The van der Waals surface area contributed by atoms with Crippen LogP contribution in [0.1, 0.15) is 13.3 Å². The molecule has 0 aliphatic carbocycles. The van der Waals surface area contributed by atoms with E-state index in [-0.39, 0.29) is 18.4 Å². The first-order valence-corrected chi connectivity index (χ1v) is 6.90. The largest absolute Gasteiger partial charge is 0.396 e. The van der Waals surface area contributed by atoms with E-state index in [9.17, 15) is 13.2 Å². The number of aliphatic hydroxyl groups is 1. The Morgan fingerprint density at radius 3 is 2.60 bits per heavy atom. The average molecular weight is 235 g/mol. The highest BCUT2D eigenvalue weighted by molar-refractivity contribution is 7.92. The topological polar surface area (TPSA) is 74.7 Å². The SMILES string of the molecule is CC(C(=O)N1CCC(CO)C1)S(C)(=O)=O. The minimum Gasteiger partial charge on any atom is -0.396 e. The third-order valence-corrected chi connectivity index (χ3v) is 4.33. The summed E-state index contributed by atoms with van der Waals surface area (Å²) in [5.41, 5.74) is 0. The number of hydrogen-bond donors (Lipinski definition) is 1. The van der Waals surface area contributed by atoms with Gasteiger partial charge < -0.3 is 10.0 Å². The Kier molecular flexibility index (Phi) is 3.72. The molecule has 0 aromatic heterocycles. The summed E-state index contributed by atoms with van der Waals surface area (Å²) < 4.78 is 22.4. The molecular weight excluding hydrogens is 218 g/mol. The van der Waals surface area contributed by atoms with E-state index in [2.05, 4.69) is 0 Å². The standard InChI is InChI=1S/C9H17NO4S/c1-7(15(2,13)14)9(12)10-4-3-8(5-10)6-11/h7-8,11H,3-6H2,1-2H3. The van der Waals surface area contributed by atoms with Crippen molar-refractivity contribution in [3.05, 3.63) is 0 Å². The van der Waals surface area contributed by atoms with Crippen LogP contribution in [-0.4, -0.2) is 55.5 Å². The van der Waals surface area contributed by atoms with E-state index in [1.807, 2.05) is 0 Å². The van der Waals surface area contributed by atoms with E-state index in [0.717, 1.165) is 12.7 Å². The summed E-state index contributed by atoms with van der Waals surface area (Å²) in [6.45, 7) is 2.47. The molecule has 1 saturated heterocycles. The van der Waals surface area contributed by atoms with Crippen molar-refractivity contribution in [1.29, 1.82) is 0 Å². The lowest BCUT2D eigenvalue weighted by molar-refractivity contribution is -0.129. The van der Waals surface area contributed by atoms with Gasteiger partial charge in [-0.1, -0.05) is 0 Å². The molecular formula is C9H17NO4S. The van der Waals surface area contributed by atoms with Gasteiger partial charge in [0, 0.05) is 31.9 Å². The predicted molar refractivity (Wildman–Crippen MR) is 56.1 cm³/mol. The number of rotatable bonds is 3. The summed E-state index contributed by atoms with van der Waals surface area (Å²) in [5.74, 6) is -0.255. The van der Waals surface area contributed by atoms with E-state index in [0.29, 0.717) is 13.1 Å². The third-order valence-electron chi connectivity index (χ3n) is 2.85. The Morgan fingerprint density at radius 2 is 2.20 bits per heavy atom. The Bertz CT molecular complexity index is 338. The van der Waals surface area contributed by atoms with Crippen LogP contribution >= 0.6 is 0 Å². The molecule has 1 heterocycles. The Balaban J connectivity index is 2.63. The molecule has 5 nitrogen and oxygen atoms in total. The number of likely N-dealkylation sites (tertiary alicyclic amines) is 1. The first-order chi connectivity index (χ1) is 6.86. The lowest BCUT2D eigenvalue weighted by atomic mass is 10.1. The van der Waals surface area contributed by atoms with Crippen LogP contribution in [0.4, 0.5) is 0 Å². The van der Waals surface area contributed by atoms with Gasteiger partial charge in [0.1, 0.15) is 5.25 Å². The van der Waals surface area contributed by atoms with Gasteiger partial charge in [-0.25, -0.2) is 8.42 Å². The van der Waals surface area contributed by atoms with E-state index < -0.39 is 15.1 Å². The molecule has 1 aliphatic rings. The Labute approximate surface area is 90.0 Å². The molecule has 6 heteroatoms. The molecule has 0 aromatic rings. The molecule has 1 fully saturated rings. The number of carbonyl (C=O) groups excluding carboxylic acids is 1. The maximum Gasteiger partial charge on any atom is 0.240 e. The van der Waals surface area contributed by atoms with Crippen molar-refractivity contribution in [2.75, 3.05) is 26.0 Å². The lowest BCUT2D eigenvalue weighted by Gasteiger charge is -2.19. The summed E-state index contributed by atoms with van der Waals surface area (Å²) >= 11 is 0. The quantitative estimate of drug-likeness (QED) is 0.699. The molecule has 1 N–H and O–H groups in total. The first-order valence-electron chi connectivity index (χ1n) is 4.94. The Morgan fingerprint density at radius 1 is 1.60 bits per heavy atom. The summed E-state index contributed by atoms with van der Waals surface area (Å²) in [5, 5.41) is 7.93. The molecule has 0 aromatic carbocycles. The molecule has 1 amide bonds. The van der Waals surface area contributed by atoms with Crippen LogP contribution in [0, 0.1) is 5.92 Å². The zero-order valence-corrected chi connectivity index (χ0v) is 9.83. The fourth-order valence-corrected chi connectivity index (χ4v) is 2.14. The van der Waals surface area contributed by atoms with Crippen molar-refractivity contribution < 1.29 is 18.3 Å². The van der Waals surface area contributed by atoms with Gasteiger partial charge in [0.2, 0.25) is 5.91 Å². The summed E-state index contributed by atoms with van der Waals surface area (Å²) in [4.78, 5) is 13.2. The monoisotopic (exact) mass is 235 g/mol. The highest BCUT2D eigenvalue weighted by Crippen LogP contribution is 2.17. The second-order valence-electron chi connectivity index (χ2n) is 4.09. The van der Waals surface area contributed by atoms with Gasteiger partial charge in [-0.3, -0.25) is 4.79 Å². The van der Waals surface area contributed by atoms with Crippen molar-refractivity contribution in [3.63, 3.8) is 0 Å². The molecule has 1 aliphatic heterocycles. The molecule has 1 rings (SSSR count). The van der Waals surface area contributed by atoms with Gasteiger partial charge in [-0.2, -0.15) is 0 Å². The molecule has 2 unspecified atom stereocenters. The summed E-state index contributed by atoms with van der Waals surface area (Å²) in [6, 6.07) is 0. The van der Waals surface area contributed by atoms with Crippen LogP contribution < -0.4 is 0 Å². The number of aliphatic hydroxyl groups excluding tert-OH is 1. The molecule has 0 radical (unpaired) electrons. The molecule has 0 spiro atoms. The normalized spacial score (nSPS) is 24.2. The minimum absolute atomic E-state index is 0.0526. The molecule has 2 atom stereocenters. The second-order valence-corrected chi connectivity index (χ2v) is 6.46. The van der Waals surface area contributed by atoms with Crippen LogP contribution in [0.25, 0.3) is 0 Å². The van der Waals surface area contributed by atoms with Gasteiger partial charge >= 0.3 is 0 Å². The van der Waals surface area contributed by atoms with Gasteiger partial charge in [0.25, 0.3) is 0 Å². The number of carbonyl (C=O) groups is 1. The van der Waals surface area contributed by atoms with Crippen molar-refractivity contribution in [1.82, 2.24) is 4.90 Å². The maximum absolute atomic E-state index is 11.7. The number of hydrogen-bond acceptors (Lipinski definition) is 4. The Hall–Kier alpha value is -0.620. The first kappa shape index (κ1) is 12.4. The summed E-state index contributed by atoms with van der Waals surface area (Å²) in [6.07, 6.45) is 1.81. The fraction of sp³-hybridized carbons (Fsp3) is 0.889. The van der Waals surface area contributed by atoms with E-state index in [4.69, 9.17) is 5.11 Å². The van der Waals surface area contributed by atoms with Crippen molar-refractivity contribution in [3.8, 4) is 0 Å². The molecule has 15 heavy (non-hydrogen) atoms. The van der Waals surface area contributed by atoms with E-state index >= 15 is 0 Å². The van der Waals surface area contributed by atoms with Crippen LogP contribution in [0.2, 0.25) is 0 Å². The van der Waals surface area contributed by atoms with Crippen molar-refractivity contribution >= 4 is 15.7 Å². The zero-order valence-electron chi connectivity index (χ0n) is 9.01. The van der Waals surface area contributed by atoms with E-state index in [1.165, 1.54) is 11.8 Å². The lowest BCUT2D eigenvalue weighted by Crippen LogP contribution is -2.40. The van der Waals surface area contributed by atoms with Gasteiger partial charge in [-0.15, -0.1) is 0 Å². The number of amides is 1. The van der Waals surface area contributed by atoms with E-state index in [1.54, 1.807) is 0 Å². The van der Waals surface area contributed by atoms with Gasteiger partial charge in [-0.05, 0) is 13.3 Å². The highest BCUT2D eigenvalue weighted by atomic mass is 32.2. The van der Waals surface area contributed by atoms with Crippen LogP contribution in [0.15, 0.2) is 0 Å². The molecule has 88 valence electrons. The number of sulfone groups is 1. The zero-order chi connectivity index (χ0) is 11.6. The second kappa shape index (κ2) is 4.49. The molecule has 0 saturated carbocycles. The predicted octanol–water partition coefficient (Wildman–Crippen LogP) is -0.740. The smallest absolute Gasteiger partial charge is 0.240 e. The molecule has 0 bridgehead atoms. The number of nitrogens with zero attached hydrogens (tertiary/aromatic N) is 1. The highest BCUT2D eigenvalue weighted by Gasteiger charge is 2.32. The fourth-order valence-electron chi connectivity index (χ4n) is 1.62. The van der Waals surface area contributed by atoms with Crippen LogP contribution in [0.3, 0.4) is 0 Å². The summed E-state index contributed by atoms with van der Waals surface area (Å²) in [7, 11) is -3.32. The minimum atomic E-state index is -3.32. The third kappa shape index (κ3) is 2.92. The average Bonchev–Trinajstić information content (AvgIpc) is 2.62. The van der Waals surface area contributed by atoms with Crippen LogP contribution in [-0.2, 0) is 14.6 Å².